The first-order valence-corrected chi connectivity index (χ1v) is 5.97. The van der Waals surface area contributed by atoms with Gasteiger partial charge in [0.1, 0.15) is 18.7 Å². The summed E-state index contributed by atoms with van der Waals surface area (Å²) in [6, 6.07) is 3.14. The van der Waals surface area contributed by atoms with Gasteiger partial charge in [-0.05, 0) is 25.0 Å². The second-order valence-corrected chi connectivity index (χ2v) is 3.90. The molecule has 1 aromatic rings. The molecule has 104 valence electrons. The Morgan fingerprint density at radius 3 is 2.95 bits per heavy atom. The molecule has 1 rings (SSSR count). The SMILES string of the molecule is CCc1cccnc1/N=C(\N)COC(C)NC(N)=O. The molecule has 1 heterocycles. The summed E-state index contributed by atoms with van der Waals surface area (Å²) in [5.74, 6) is 0.869. The Morgan fingerprint density at radius 1 is 1.58 bits per heavy atom. The summed E-state index contributed by atoms with van der Waals surface area (Å²) in [4.78, 5) is 18.9. The van der Waals surface area contributed by atoms with Crippen LogP contribution >= 0.6 is 0 Å². The second-order valence-electron chi connectivity index (χ2n) is 3.90. The number of hydrogen-bond donors (Lipinski definition) is 3. The number of aromatic nitrogens is 1. The number of hydrogen-bond acceptors (Lipinski definition) is 4. The van der Waals surface area contributed by atoms with Gasteiger partial charge in [0.2, 0.25) is 0 Å². The van der Waals surface area contributed by atoms with Crippen molar-refractivity contribution >= 4 is 17.7 Å². The van der Waals surface area contributed by atoms with Crippen LogP contribution in [0.2, 0.25) is 0 Å². The predicted molar refractivity (Wildman–Crippen MR) is 73.0 cm³/mol. The molecule has 0 aliphatic rings. The molecule has 0 radical (unpaired) electrons. The molecular formula is C12H19N5O2. The van der Waals surface area contributed by atoms with Gasteiger partial charge in [0.25, 0.3) is 0 Å². The summed E-state index contributed by atoms with van der Waals surface area (Å²) in [6.45, 7) is 3.75. The highest BCUT2D eigenvalue weighted by Crippen LogP contribution is 2.15. The third-order valence-corrected chi connectivity index (χ3v) is 2.32. The van der Waals surface area contributed by atoms with E-state index in [1.165, 1.54) is 0 Å². The van der Waals surface area contributed by atoms with Crippen molar-refractivity contribution in [3.05, 3.63) is 23.9 Å². The van der Waals surface area contributed by atoms with E-state index < -0.39 is 12.3 Å². The van der Waals surface area contributed by atoms with Gasteiger partial charge in [-0.25, -0.2) is 14.8 Å². The zero-order valence-corrected chi connectivity index (χ0v) is 11.1. The van der Waals surface area contributed by atoms with E-state index in [9.17, 15) is 4.79 Å². The largest absolute Gasteiger partial charge is 0.385 e. The maximum absolute atomic E-state index is 10.6. The van der Waals surface area contributed by atoms with E-state index in [-0.39, 0.29) is 12.4 Å². The number of nitrogens with zero attached hydrogens (tertiary/aromatic N) is 2. The Balaban J connectivity index is 2.59. The fourth-order valence-corrected chi connectivity index (χ4v) is 1.43. The third-order valence-electron chi connectivity index (χ3n) is 2.32. The molecule has 7 heteroatoms. The normalized spacial score (nSPS) is 13.1. The predicted octanol–water partition coefficient (Wildman–Crippen LogP) is 0.664. The standard InChI is InChI=1S/C12H19N5O2/c1-3-9-5-4-6-15-11(9)17-10(13)7-19-8(2)16-12(14)18/h4-6,8H,3,7H2,1-2H3,(H2,13,15,17)(H3,14,16,18). The molecule has 1 aromatic heterocycles. The first-order valence-electron chi connectivity index (χ1n) is 5.97. The minimum atomic E-state index is -0.652. The molecule has 7 nitrogen and oxygen atoms in total. The molecule has 5 N–H and O–H groups in total. The average Bonchev–Trinajstić information content (AvgIpc) is 2.36. The van der Waals surface area contributed by atoms with Crippen LogP contribution in [0, 0.1) is 0 Å². The monoisotopic (exact) mass is 265 g/mol. The number of ether oxygens (including phenoxy) is 1. The number of primary amides is 1. The first-order chi connectivity index (χ1) is 9.02. The van der Waals surface area contributed by atoms with E-state index >= 15 is 0 Å². The van der Waals surface area contributed by atoms with Gasteiger partial charge in [-0.3, -0.25) is 0 Å². The highest BCUT2D eigenvalue weighted by molar-refractivity contribution is 5.84. The number of amides is 2. The van der Waals surface area contributed by atoms with Gasteiger partial charge in [-0.2, -0.15) is 0 Å². The molecule has 0 aromatic carbocycles. The van der Waals surface area contributed by atoms with Crippen LogP contribution < -0.4 is 16.8 Å². The third kappa shape index (κ3) is 5.35. The lowest BCUT2D eigenvalue weighted by Crippen LogP contribution is -2.39. The maximum Gasteiger partial charge on any atom is 0.314 e. The van der Waals surface area contributed by atoms with Gasteiger partial charge in [-0.15, -0.1) is 0 Å². The van der Waals surface area contributed by atoms with E-state index in [1.54, 1.807) is 13.1 Å². The maximum atomic E-state index is 10.6. The van der Waals surface area contributed by atoms with Crippen molar-refractivity contribution in [3.63, 3.8) is 0 Å². The van der Waals surface area contributed by atoms with Crippen LogP contribution in [0.4, 0.5) is 10.6 Å². The highest BCUT2D eigenvalue weighted by Gasteiger charge is 2.06. The summed E-state index contributed by atoms with van der Waals surface area (Å²) in [6.07, 6.45) is 1.95. The summed E-state index contributed by atoms with van der Waals surface area (Å²) < 4.78 is 5.26. The zero-order valence-electron chi connectivity index (χ0n) is 11.1. The van der Waals surface area contributed by atoms with Crippen LogP contribution in [0.15, 0.2) is 23.3 Å². The van der Waals surface area contributed by atoms with Gasteiger partial charge in [0.15, 0.2) is 5.82 Å². The highest BCUT2D eigenvalue weighted by atomic mass is 16.5. The van der Waals surface area contributed by atoms with Gasteiger partial charge in [-0.1, -0.05) is 13.0 Å². The molecule has 0 saturated carbocycles. The van der Waals surface area contributed by atoms with Crippen LogP contribution in [0.3, 0.4) is 0 Å². The number of nitrogens with one attached hydrogen (secondary N) is 1. The fraction of sp³-hybridized carbons (Fsp3) is 0.417. The number of amidine groups is 1. The van der Waals surface area contributed by atoms with E-state index in [0.29, 0.717) is 5.82 Å². The minimum absolute atomic E-state index is 0.0845. The molecule has 0 aliphatic carbocycles. The van der Waals surface area contributed by atoms with Crippen LogP contribution in [0.5, 0.6) is 0 Å². The van der Waals surface area contributed by atoms with Gasteiger partial charge >= 0.3 is 6.03 Å². The van der Waals surface area contributed by atoms with Crippen LogP contribution in [0.1, 0.15) is 19.4 Å². The number of aliphatic imine (C=N–C) groups is 1. The van der Waals surface area contributed by atoms with Crippen molar-refractivity contribution in [1.29, 1.82) is 0 Å². The quantitative estimate of drug-likeness (QED) is 0.398. The van der Waals surface area contributed by atoms with Gasteiger partial charge < -0.3 is 21.5 Å². The van der Waals surface area contributed by atoms with Crippen molar-refractivity contribution in [2.24, 2.45) is 16.5 Å². The molecule has 0 spiro atoms. The molecule has 1 unspecified atom stereocenters. The smallest absolute Gasteiger partial charge is 0.314 e. The summed E-state index contributed by atoms with van der Waals surface area (Å²) in [5.41, 5.74) is 11.7. The molecular weight excluding hydrogens is 246 g/mol. The first kappa shape index (κ1) is 14.9. The lowest BCUT2D eigenvalue weighted by atomic mass is 10.2. The number of carbonyl (C=O) groups excluding carboxylic acids is 1. The van der Waals surface area contributed by atoms with Gasteiger partial charge in [0, 0.05) is 6.20 Å². The number of urea groups is 1. The summed E-state index contributed by atoms with van der Waals surface area (Å²) >= 11 is 0. The zero-order chi connectivity index (χ0) is 14.3. The van der Waals surface area contributed by atoms with Gasteiger partial charge in [0.05, 0.1) is 0 Å². The van der Waals surface area contributed by atoms with E-state index in [0.717, 1.165) is 12.0 Å². The Hall–Kier alpha value is -2.15. The summed E-state index contributed by atoms with van der Waals surface area (Å²) in [5, 5.41) is 2.37. The van der Waals surface area contributed by atoms with Crippen molar-refractivity contribution in [1.82, 2.24) is 10.3 Å². The van der Waals surface area contributed by atoms with Crippen LogP contribution in [-0.2, 0) is 11.2 Å². The van der Waals surface area contributed by atoms with Crippen molar-refractivity contribution in [3.8, 4) is 0 Å². The fourth-order valence-electron chi connectivity index (χ4n) is 1.43. The number of aryl methyl sites for hydroxylation is 1. The summed E-state index contributed by atoms with van der Waals surface area (Å²) in [7, 11) is 0. The number of nitrogens with two attached hydrogens (primary N) is 2. The lowest BCUT2D eigenvalue weighted by molar-refractivity contribution is 0.0775. The Labute approximate surface area is 112 Å². The topological polar surface area (TPSA) is 116 Å². The number of rotatable bonds is 6. The lowest BCUT2D eigenvalue weighted by Gasteiger charge is -2.12. The minimum Gasteiger partial charge on any atom is -0.385 e. The van der Waals surface area contributed by atoms with E-state index in [2.05, 4.69) is 15.3 Å². The van der Waals surface area contributed by atoms with E-state index in [4.69, 9.17) is 16.2 Å². The molecule has 0 saturated heterocycles. The molecule has 1 atom stereocenters. The van der Waals surface area contributed by atoms with Crippen LogP contribution in [0.25, 0.3) is 0 Å². The average molecular weight is 265 g/mol. The molecule has 0 fully saturated rings. The Bertz CT molecular complexity index is 461. The Kier molecular flexibility index (Phi) is 5.74. The van der Waals surface area contributed by atoms with Crippen molar-refractivity contribution in [2.45, 2.75) is 26.5 Å². The van der Waals surface area contributed by atoms with Crippen LogP contribution in [-0.4, -0.2) is 29.7 Å². The molecule has 2 amide bonds. The second kappa shape index (κ2) is 7.32. The molecule has 0 aliphatic heterocycles. The Morgan fingerprint density at radius 2 is 2.32 bits per heavy atom. The molecule has 19 heavy (non-hydrogen) atoms. The van der Waals surface area contributed by atoms with Crippen molar-refractivity contribution < 1.29 is 9.53 Å². The van der Waals surface area contributed by atoms with E-state index in [1.807, 2.05) is 19.1 Å². The number of carbonyl (C=O) groups is 1. The molecule has 0 bridgehead atoms. The number of pyridine rings is 1. The van der Waals surface area contributed by atoms with Crippen molar-refractivity contribution in [2.75, 3.05) is 6.61 Å².